The number of piperazine rings is 1. The number of aromatic nitrogens is 3. The molecular formula is C23H20ClN5O. The zero-order chi connectivity index (χ0) is 20.5. The first kappa shape index (κ1) is 18.8. The van der Waals surface area contributed by atoms with Crippen LogP contribution in [-0.2, 0) is 0 Å². The fraction of sp³-hybridized carbons (Fsp3) is 0.174. The smallest absolute Gasteiger partial charge is 0.253 e. The maximum atomic E-state index is 12.7. The fourth-order valence-corrected chi connectivity index (χ4v) is 3.83. The van der Waals surface area contributed by atoms with E-state index in [-0.39, 0.29) is 5.91 Å². The van der Waals surface area contributed by atoms with Gasteiger partial charge in [-0.25, -0.2) is 4.98 Å². The molecule has 1 aliphatic heterocycles. The number of nitrogens with zero attached hydrogens (tertiary/aromatic N) is 4. The lowest BCUT2D eigenvalue weighted by Crippen LogP contribution is -2.46. The maximum absolute atomic E-state index is 12.7. The summed E-state index contributed by atoms with van der Waals surface area (Å²) in [5, 5.41) is 3.97. The number of rotatable bonds is 3. The van der Waals surface area contributed by atoms with Crippen LogP contribution in [0, 0.1) is 0 Å². The highest BCUT2D eigenvalue weighted by Gasteiger charge is 2.18. The summed E-state index contributed by atoms with van der Waals surface area (Å²) in [6.45, 7) is 3.17. The lowest BCUT2D eigenvalue weighted by molar-refractivity contribution is 0.0736. The SMILES string of the molecule is O=C(c1ccc(-c2cn3c(-c4ccc(Cl)cc4)cnc3cn2)cc1)N1CCNCC1. The standard InChI is InChI=1S/C23H20ClN5O/c24-19-7-5-17(6-8-19)21-13-27-22-14-26-20(15-29(21)22)16-1-3-18(4-2-16)23(30)28-11-9-25-10-12-28/h1-8,13-15,25H,9-12H2. The molecule has 6 nitrogen and oxygen atoms in total. The molecule has 0 aliphatic carbocycles. The molecule has 2 aromatic heterocycles. The number of carbonyl (C=O) groups is 1. The summed E-state index contributed by atoms with van der Waals surface area (Å²) in [6.07, 6.45) is 5.56. The van der Waals surface area contributed by atoms with Crippen LogP contribution in [-0.4, -0.2) is 51.4 Å². The van der Waals surface area contributed by atoms with Gasteiger partial charge in [0.25, 0.3) is 5.91 Å². The van der Waals surface area contributed by atoms with Crippen molar-refractivity contribution >= 4 is 23.2 Å². The number of fused-ring (bicyclic) bond motifs is 1. The molecule has 1 aliphatic rings. The Labute approximate surface area is 179 Å². The minimum atomic E-state index is 0.0751. The number of hydrogen-bond acceptors (Lipinski definition) is 4. The van der Waals surface area contributed by atoms with E-state index in [1.54, 1.807) is 6.20 Å². The van der Waals surface area contributed by atoms with E-state index in [1.165, 1.54) is 0 Å². The Morgan fingerprint density at radius 1 is 0.900 bits per heavy atom. The Morgan fingerprint density at radius 3 is 2.33 bits per heavy atom. The third-order valence-electron chi connectivity index (χ3n) is 5.37. The molecule has 3 heterocycles. The Balaban J connectivity index is 1.45. The van der Waals surface area contributed by atoms with Crippen molar-refractivity contribution in [1.82, 2.24) is 24.6 Å². The lowest BCUT2D eigenvalue weighted by Gasteiger charge is -2.27. The number of benzene rings is 2. The molecule has 4 aromatic rings. The van der Waals surface area contributed by atoms with E-state index in [9.17, 15) is 4.79 Å². The molecule has 0 spiro atoms. The first-order chi connectivity index (χ1) is 14.7. The van der Waals surface area contributed by atoms with Gasteiger partial charge in [0.1, 0.15) is 0 Å². The number of imidazole rings is 1. The van der Waals surface area contributed by atoms with E-state index in [2.05, 4.69) is 15.3 Å². The van der Waals surface area contributed by atoms with Gasteiger partial charge in [0.05, 0.1) is 23.8 Å². The van der Waals surface area contributed by atoms with Crippen LogP contribution in [0.2, 0.25) is 5.02 Å². The second-order valence-electron chi connectivity index (χ2n) is 7.27. The van der Waals surface area contributed by atoms with Crippen molar-refractivity contribution in [1.29, 1.82) is 0 Å². The van der Waals surface area contributed by atoms with Gasteiger partial charge in [-0.15, -0.1) is 0 Å². The Morgan fingerprint density at radius 2 is 1.60 bits per heavy atom. The van der Waals surface area contributed by atoms with Crippen molar-refractivity contribution in [3.05, 3.63) is 77.7 Å². The molecule has 7 heteroatoms. The summed E-state index contributed by atoms with van der Waals surface area (Å²) >= 11 is 6.02. The molecule has 0 bridgehead atoms. The van der Waals surface area contributed by atoms with Gasteiger partial charge in [-0.3, -0.25) is 14.2 Å². The Bertz CT molecular complexity index is 1190. The van der Waals surface area contributed by atoms with Gasteiger partial charge in [-0.05, 0) is 24.3 Å². The largest absolute Gasteiger partial charge is 0.336 e. The minimum absolute atomic E-state index is 0.0751. The Kier molecular flexibility index (Phi) is 4.94. The second-order valence-corrected chi connectivity index (χ2v) is 7.71. The zero-order valence-corrected chi connectivity index (χ0v) is 17.0. The summed E-state index contributed by atoms with van der Waals surface area (Å²) < 4.78 is 2.02. The van der Waals surface area contributed by atoms with Crippen molar-refractivity contribution in [2.75, 3.05) is 26.2 Å². The summed E-state index contributed by atoms with van der Waals surface area (Å²) in [5.74, 6) is 0.0751. The van der Waals surface area contributed by atoms with E-state index in [1.807, 2.05) is 70.2 Å². The number of hydrogen-bond donors (Lipinski definition) is 1. The molecule has 2 aromatic carbocycles. The van der Waals surface area contributed by atoms with Crippen molar-refractivity contribution in [2.24, 2.45) is 0 Å². The van der Waals surface area contributed by atoms with Gasteiger partial charge in [0.2, 0.25) is 0 Å². The van der Waals surface area contributed by atoms with Gasteiger partial charge in [0.15, 0.2) is 5.65 Å². The quantitative estimate of drug-likeness (QED) is 0.551. The molecule has 1 fully saturated rings. The maximum Gasteiger partial charge on any atom is 0.253 e. The highest BCUT2D eigenvalue weighted by Crippen LogP contribution is 2.25. The van der Waals surface area contributed by atoms with Crippen LogP contribution < -0.4 is 5.32 Å². The van der Waals surface area contributed by atoms with Crippen molar-refractivity contribution in [3.8, 4) is 22.5 Å². The zero-order valence-electron chi connectivity index (χ0n) is 16.3. The molecule has 0 atom stereocenters. The van der Waals surface area contributed by atoms with Crippen molar-refractivity contribution < 1.29 is 4.79 Å². The fourth-order valence-electron chi connectivity index (χ4n) is 3.71. The molecule has 30 heavy (non-hydrogen) atoms. The van der Waals surface area contributed by atoms with Gasteiger partial charge in [-0.2, -0.15) is 0 Å². The highest BCUT2D eigenvalue weighted by atomic mass is 35.5. The third-order valence-corrected chi connectivity index (χ3v) is 5.62. The first-order valence-electron chi connectivity index (χ1n) is 9.88. The third kappa shape index (κ3) is 3.56. The van der Waals surface area contributed by atoms with Crippen LogP contribution in [0.15, 0.2) is 67.1 Å². The van der Waals surface area contributed by atoms with E-state index in [0.29, 0.717) is 10.6 Å². The van der Waals surface area contributed by atoms with Gasteiger partial charge < -0.3 is 10.2 Å². The molecule has 150 valence electrons. The summed E-state index contributed by atoms with van der Waals surface area (Å²) in [5.41, 5.74) is 5.23. The molecule has 0 saturated carbocycles. The molecule has 5 rings (SSSR count). The van der Waals surface area contributed by atoms with Crippen molar-refractivity contribution in [3.63, 3.8) is 0 Å². The van der Waals surface area contributed by atoms with Crippen LogP contribution in [0.25, 0.3) is 28.2 Å². The van der Waals surface area contributed by atoms with Crippen LogP contribution in [0.1, 0.15) is 10.4 Å². The number of carbonyl (C=O) groups excluding carboxylic acids is 1. The highest BCUT2D eigenvalue weighted by molar-refractivity contribution is 6.30. The predicted molar refractivity (Wildman–Crippen MR) is 118 cm³/mol. The topological polar surface area (TPSA) is 62.5 Å². The van der Waals surface area contributed by atoms with E-state index < -0.39 is 0 Å². The second kappa shape index (κ2) is 7.89. The number of amides is 1. The van der Waals surface area contributed by atoms with E-state index >= 15 is 0 Å². The molecule has 1 saturated heterocycles. The number of halogens is 1. The van der Waals surface area contributed by atoms with Gasteiger partial charge >= 0.3 is 0 Å². The summed E-state index contributed by atoms with van der Waals surface area (Å²) in [7, 11) is 0. The molecule has 1 amide bonds. The molecular weight excluding hydrogens is 398 g/mol. The van der Waals surface area contributed by atoms with Gasteiger partial charge in [-0.1, -0.05) is 35.9 Å². The number of nitrogens with one attached hydrogen (secondary N) is 1. The van der Waals surface area contributed by atoms with Crippen LogP contribution >= 0.6 is 11.6 Å². The van der Waals surface area contributed by atoms with Crippen LogP contribution in [0.5, 0.6) is 0 Å². The average molecular weight is 418 g/mol. The molecule has 0 unspecified atom stereocenters. The normalized spacial score (nSPS) is 14.2. The molecule has 0 radical (unpaired) electrons. The average Bonchev–Trinajstić information content (AvgIpc) is 3.23. The summed E-state index contributed by atoms with van der Waals surface area (Å²) in [4.78, 5) is 23.6. The Hall–Kier alpha value is -3.22. The van der Waals surface area contributed by atoms with E-state index in [4.69, 9.17) is 11.6 Å². The van der Waals surface area contributed by atoms with Crippen molar-refractivity contribution in [2.45, 2.75) is 0 Å². The summed E-state index contributed by atoms with van der Waals surface area (Å²) in [6, 6.07) is 15.3. The predicted octanol–water partition coefficient (Wildman–Crippen LogP) is 3.76. The van der Waals surface area contributed by atoms with Crippen LogP contribution in [0.4, 0.5) is 0 Å². The first-order valence-corrected chi connectivity index (χ1v) is 10.3. The lowest BCUT2D eigenvalue weighted by atomic mass is 10.1. The molecule has 1 N–H and O–H groups in total. The van der Waals surface area contributed by atoms with Crippen LogP contribution in [0.3, 0.4) is 0 Å². The van der Waals surface area contributed by atoms with Gasteiger partial charge in [0, 0.05) is 54.1 Å². The van der Waals surface area contributed by atoms with E-state index in [0.717, 1.165) is 54.3 Å². The minimum Gasteiger partial charge on any atom is -0.336 e. The monoisotopic (exact) mass is 417 g/mol.